The molecule has 0 aromatic heterocycles. The van der Waals surface area contributed by atoms with Crippen molar-refractivity contribution in [2.45, 2.75) is 32.2 Å². The van der Waals surface area contributed by atoms with Crippen molar-refractivity contribution in [1.29, 1.82) is 0 Å². The number of rotatable bonds is 2. The fourth-order valence-corrected chi connectivity index (χ4v) is 3.30. The number of amides is 1. The summed E-state index contributed by atoms with van der Waals surface area (Å²) in [6.07, 6.45) is 0.526. The molecule has 2 heterocycles. The Balaban J connectivity index is 1.98. The Morgan fingerprint density at radius 2 is 2.09 bits per heavy atom. The lowest BCUT2D eigenvalue weighted by molar-refractivity contribution is -0.156. The molecule has 1 amide bonds. The van der Waals surface area contributed by atoms with Gasteiger partial charge in [0.05, 0.1) is 12.6 Å². The number of hydrogen-bond donors (Lipinski definition) is 0. The van der Waals surface area contributed by atoms with E-state index < -0.39 is 29.1 Å². The molecule has 2 atom stereocenters. The predicted octanol–water partition coefficient (Wildman–Crippen LogP) is 3.54. The molecule has 1 aromatic carbocycles. The van der Waals surface area contributed by atoms with Crippen LogP contribution in [0, 0.1) is 17.8 Å². The van der Waals surface area contributed by atoms with Crippen LogP contribution >= 0.6 is 0 Å². The van der Waals surface area contributed by atoms with E-state index >= 15 is 0 Å². The predicted molar refractivity (Wildman–Crippen MR) is 77.2 cm³/mol. The molecule has 0 radical (unpaired) electrons. The number of carbonyl (C=O) groups is 1. The third-order valence-corrected chi connectivity index (χ3v) is 4.83. The average Bonchev–Trinajstić information content (AvgIpc) is 2.97. The van der Waals surface area contributed by atoms with E-state index in [9.17, 15) is 18.0 Å². The fraction of sp³-hybridized carbons (Fsp3) is 0.500. The molecular weight excluding hydrogens is 307 g/mol. The first-order valence-corrected chi connectivity index (χ1v) is 7.32. The van der Waals surface area contributed by atoms with Gasteiger partial charge < -0.3 is 0 Å². The molecule has 1 aromatic rings. The van der Waals surface area contributed by atoms with Gasteiger partial charge in [-0.05, 0) is 31.0 Å². The van der Waals surface area contributed by atoms with Crippen molar-refractivity contribution in [2.24, 2.45) is 5.41 Å². The van der Waals surface area contributed by atoms with Gasteiger partial charge in [-0.1, -0.05) is 6.07 Å². The second kappa shape index (κ2) is 4.96. The van der Waals surface area contributed by atoms with Gasteiger partial charge in [-0.3, -0.25) is 9.80 Å². The van der Waals surface area contributed by atoms with E-state index in [1.54, 1.807) is 5.01 Å². The van der Waals surface area contributed by atoms with Crippen LogP contribution < -0.4 is 0 Å². The maximum atomic E-state index is 13.9. The van der Waals surface area contributed by atoms with Gasteiger partial charge in [0.15, 0.2) is 5.69 Å². The molecule has 0 aliphatic carbocycles. The summed E-state index contributed by atoms with van der Waals surface area (Å²) < 4.78 is 41.5. The Hall–Kier alpha value is -2.07. The van der Waals surface area contributed by atoms with Gasteiger partial charge >= 0.3 is 0 Å². The minimum atomic E-state index is -3.15. The summed E-state index contributed by atoms with van der Waals surface area (Å²) in [5.74, 6) is -4.37. The highest BCUT2D eigenvalue weighted by atomic mass is 19.3. The first kappa shape index (κ1) is 15.8. The van der Waals surface area contributed by atoms with Crippen LogP contribution in [-0.4, -0.2) is 34.9 Å². The molecule has 2 fully saturated rings. The number of benzene rings is 1. The van der Waals surface area contributed by atoms with Crippen molar-refractivity contribution < 1.29 is 18.0 Å². The summed E-state index contributed by atoms with van der Waals surface area (Å²) in [5.41, 5.74) is -1.19. The summed E-state index contributed by atoms with van der Waals surface area (Å²) in [5, 5.41) is 2.92. The SMILES string of the molecule is [C-]#[N+]c1cc(F)cc([C@H]2CCN3C[C@](C)(C(C)(F)F)C(=O)N23)c1. The van der Waals surface area contributed by atoms with Crippen LogP contribution in [0.25, 0.3) is 4.85 Å². The number of alkyl halides is 2. The van der Waals surface area contributed by atoms with Crippen LogP contribution in [0.3, 0.4) is 0 Å². The molecule has 7 heteroatoms. The summed E-state index contributed by atoms with van der Waals surface area (Å²) >= 11 is 0. The van der Waals surface area contributed by atoms with Crippen LogP contribution in [0.15, 0.2) is 18.2 Å². The topological polar surface area (TPSA) is 27.9 Å². The number of fused-ring (bicyclic) bond motifs is 1. The molecule has 0 N–H and O–H groups in total. The quantitative estimate of drug-likeness (QED) is 0.779. The van der Waals surface area contributed by atoms with Gasteiger partial charge in [0.2, 0.25) is 0 Å². The number of carbonyl (C=O) groups excluding carboxylic acids is 1. The smallest absolute Gasteiger partial charge is 0.260 e. The van der Waals surface area contributed by atoms with E-state index in [1.807, 2.05) is 0 Å². The third kappa shape index (κ3) is 2.29. The maximum Gasteiger partial charge on any atom is 0.260 e. The fourth-order valence-electron chi connectivity index (χ4n) is 3.30. The lowest BCUT2D eigenvalue weighted by Gasteiger charge is -2.30. The zero-order valence-electron chi connectivity index (χ0n) is 12.8. The van der Waals surface area contributed by atoms with Crippen molar-refractivity contribution in [1.82, 2.24) is 10.0 Å². The number of halogens is 3. The van der Waals surface area contributed by atoms with Crippen molar-refractivity contribution in [3.05, 3.63) is 41.0 Å². The first-order chi connectivity index (χ1) is 10.7. The monoisotopic (exact) mass is 323 g/mol. The molecule has 0 unspecified atom stereocenters. The summed E-state index contributed by atoms with van der Waals surface area (Å²) in [4.78, 5) is 15.8. The van der Waals surface area contributed by atoms with Gasteiger partial charge in [-0.25, -0.2) is 23.0 Å². The second-order valence-electron chi connectivity index (χ2n) is 6.42. The standard InChI is InChI=1S/C16H16F3N3O/c1-15(16(2,18)19)9-21-5-4-13(22(21)14(15)23)10-6-11(17)8-12(7-10)20-3/h6-8,13H,4-5,9H2,1-2H3/t13-,15+/m1/s1. The van der Waals surface area contributed by atoms with E-state index in [1.165, 1.54) is 24.1 Å². The van der Waals surface area contributed by atoms with Gasteiger partial charge in [-0.15, -0.1) is 0 Å². The molecule has 122 valence electrons. The second-order valence-corrected chi connectivity index (χ2v) is 6.42. The number of hydrazine groups is 1. The Kier molecular flexibility index (Phi) is 3.41. The Morgan fingerprint density at radius 3 is 2.70 bits per heavy atom. The van der Waals surface area contributed by atoms with Crippen molar-refractivity contribution in [2.75, 3.05) is 13.1 Å². The van der Waals surface area contributed by atoms with Crippen LogP contribution in [-0.2, 0) is 4.79 Å². The molecular formula is C16H16F3N3O. The molecule has 2 aliphatic rings. The van der Waals surface area contributed by atoms with Gasteiger partial charge in [0, 0.05) is 20.0 Å². The molecule has 3 rings (SSSR count). The summed E-state index contributed by atoms with van der Waals surface area (Å²) in [6, 6.07) is 3.37. The molecule has 0 saturated carbocycles. The average molecular weight is 323 g/mol. The van der Waals surface area contributed by atoms with Gasteiger partial charge in [-0.2, -0.15) is 0 Å². The minimum Gasteiger partial charge on any atom is -0.272 e. The zero-order chi connectivity index (χ0) is 17.0. The number of nitrogens with zero attached hydrogens (tertiary/aromatic N) is 3. The minimum absolute atomic E-state index is 0.0587. The van der Waals surface area contributed by atoms with Crippen molar-refractivity contribution in [3.63, 3.8) is 0 Å². The highest BCUT2D eigenvalue weighted by Crippen LogP contribution is 2.49. The van der Waals surface area contributed by atoms with Crippen molar-refractivity contribution >= 4 is 11.6 Å². The van der Waals surface area contributed by atoms with Crippen LogP contribution in [0.2, 0.25) is 0 Å². The Morgan fingerprint density at radius 1 is 1.39 bits per heavy atom. The lowest BCUT2D eigenvalue weighted by Crippen LogP contribution is -2.45. The molecule has 23 heavy (non-hydrogen) atoms. The van der Waals surface area contributed by atoms with Crippen LogP contribution in [0.1, 0.15) is 31.9 Å². The van der Waals surface area contributed by atoms with Crippen LogP contribution in [0.5, 0.6) is 0 Å². The molecule has 0 bridgehead atoms. The summed E-state index contributed by atoms with van der Waals surface area (Å²) in [6.45, 7) is 9.42. The maximum absolute atomic E-state index is 13.9. The first-order valence-electron chi connectivity index (χ1n) is 7.32. The van der Waals surface area contributed by atoms with E-state index in [0.717, 1.165) is 13.0 Å². The normalized spacial score (nSPS) is 28.1. The lowest BCUT2D eigenvalue weighted by atomic mass is 9.83. The molecule has 2 saturated heterocycles. The highest BCUT2D eigenvalue weighted by Gasteiger charge is 2.62. The molecule has 0 spiro atoms. The van der Waals surface area contributed by atoms with Crippen molar-refractivity contribution in [3.8, 4) is 0 Å². The zero-order valence-corrected chi connectivity index (χ0v) is 12.8. The van der Waals surface area contributed by atoms with Crippen LogP contribution in [0.4, 0.5) is 18.9 Å². The number of hydrogen-bond acceptors (Lipinski definition) is 2. The molecule has 4 nitrogen and oxygen atoms in total. The third-order valence-electron chi connectivity index (χ3n) is 4.83. The summed E-state index contributed by atoms with van der Waals surface area (Å²) in [7, 11) is 0. The Bertz CT molecular complexity index is 710. The van der Waals surface area contributed by atoms with E-state index in [4.69, 9.17) is 6.57 Å². The Labute approximate surface area is 132 Å². The van der Waals surface area contributed by atoms with E-state index in [-0.39, 0.29) is 12.2 Å². The highest BCUT2D eigenvalue weighted by molar-refractivity contribution is 5.86. The molecule has 2 aliphatic heterocycles. The van der Waals surface area contributed by atoms with Gasteiger partial charge in [0.25, 0.3) is 11.8 Å². The largest absolute Gasteiger partial charge is 0.272 e. The van der Waals surface area contributed by atoms with E-state index in [2.05, 4.69) is 4.85 Å². The van der Waals surface area contributed by atoms with E-state index in [0.29, 0.717) is 18.5 Å². The van der Waals surface area contributed by atoms with Gasteiger partial charge in [0.1, 0.15) is 11.2 Å².